The summed E-state index contributed by atoms with van der Waals surface area (Å²) in [4.78, 5) is 20.5. The van der Waals surface area contributed by atoms with Gasteiger partial charge in [-0.25, -0.2) is 0 Å². The summed E-state index contributed by atoms with van der Waals surface area (Å²) in [7, 11) is 2.23. The van der Waals surface area contributed by atoms with Crippen LogP contribution in [0.25, 0.3) is 0 Å². The Balaban J connectivity index is 0.00000280. The van der Waals surface area contributed by atoms with Crippen molar-refractivity contribution >= 4 is 47.2 Å². The number of thiophene rings is 1. The molecule has 158 valence electrons. The number of rotatable bonds is 8. The van der Waals surface area contributed by atoms with Gasteiger partial charge in [0.1, 0.15) is 0 Å². The molecule has 8 heteroatoms. The van der Waals surface area contributed by atoms with Crippen LogP contribution in [0, 0.1) is 11.8 Å². The molecule has 0 bridgehead atoms. The van der Waals surface area contributed by atoms with Crippen molar-refractivity contribution in [1.82, 2.24) is 20.9 Å². The predicted octanol–water partition coefficient (Wildman–Crippen LogP) is 2.83. The van der Waals surface area contributed by atoms with Crippen LogP contribution in [-0.4, -0.2) is 56.5 Å². The average molecular weight is 519 g/mol. The molecular formula is C20H34IN5OS. The summed E-state index contributed by atoms with van der Waals surface area (Å²) >= 11 is 1.85. The minimum atomic E-state index is 0. The molecule has 0 aromatic carbocycles. The zero-order valence-electron chi connectivity index (χ0n) is 16.9. The molecule has 1 amide bonds. The maximum Gasteiger partial charge on any atom is 0.223 e. The number of guanidine groups is 1. The fourth-order valence-electron chi connectivity index (χ4n) is 3.77. The van der Waals surface area contributed by atoms with Crippen molar-refractivity contribution in [1.29, 1.82) is 0 Å². The van der Waals surface area contributed by atoms with E-state index in [1.807, 2.05) is 11.3 Å². The minimum absolute atomic E-state index is 0. The molecule has 2 unspecified atom stereocenters. The first kappa shape index (κ1) is 23.4. The highest BCUT2D eigenvalue weighted by molar-refractivity contribution is 14.0. The van der Waals surface area contributed by atoms with Crippen LogP contribution in [0.4, 0.5) is 0 Å². The van der Waals surface area contributed by atoms with Crippen LogP contribution in [0.1, 0.15) is 43.5 Å². The molecule has 3 rings (SSSR count). The fourth-order valence-corrected chi connectivity index (χ4v) is 4.75. The van der Waals surface area contributed by atoms with E-state index in [0.717, 1.165) is 38.4 Å². The molecule has 2 fully saturated rings. The van der Waals surface area contributed by atoms with Crippen molar-refractivity contribution in [3.8, 4) is 0 Å². The summed E-state index contributed by atoms with van der Waals surface area (Å²) in [5.41, 5.74) is 0. The molecule has 0 radical (unpaired) electrons. The van der Waals surface area contributed by atoms with Crippen LogP contribution in [0.5, 0.6) is 0 Å². The first-order valence-electron chi connectivity index (χ1n) is 10.2. The highest BCUT2D eigenvalue weighted by Crippen LogP contribution is 2.37. The van der Waals surface area contributed by atoms with E-state index < -0.39 is 0 Å². The van der Waals surface area contributed by atoms with Crippen LogP contribution < -0.4 is 16.0 Å². The van der Waals surface area contributed by atoms with Gasteiger partial charge >= 0.3 is 0 Å². The second-order valence-corrected chi connectivity index (χ2v) is 8.53. The minimum Gasteiger partial charge on any atom is -0.357 e. The summed E-state index contributed by atoms with van der Waals surface area (Å²) in [5, 5.41) is 11.8. The third-order valence-corrected chi connectivity index (χ3v) is 6.28. The Hall–Kier alpha value is -0.870. The van der Waals surface area contributed by atoms with E-state index in [1.54, 1.807) is 0 Å². The van der Waals surface area contributed by atoms with Gasteiger partial charge in [0, 0.05) is 43.0 Å². The quantitative estimate of drug-likeness (QED) is 0.214. The lowest BCUT2D eigenvalue weighted by Crippen LogP contribution is -2.42. The van der Waals surface area contributed by atoms with Crippen molar-refractivity contribution < 1.29 is 4.79 Å². The second-order valence-electron chi connectivity index (χ2n) is 7.55. The number of nitrogens with zero attached hydrogens (tertiary/aromatic N) is 2. The van der Waals surface area contributed by atoms with Crippen LogP contribution in [0.3, 0.4) is 0 Å². The summed E-state index contributed by atoms with van der Waals surface area (Å²) in [5.74, 6) is 1.84. The smallest absolute Gasteiger partial charge is 0.223 e. The Bertz CT molecular complexity index is 620. The number of carbonyl (C=O) groups excluding carboxylic acids is 1. The zero-order chi connectivity index (χ0) is 19.1. The molecule has 0 spiro atoms. The van der Waals surface area contributed by atoms with Gasteiger partial charge in [-0.15, -0.1) is 35.3 Å². The first-order chi connectivity index (χ1) is 13.2. The standard InChI is InChI=1S/C20H33N5OS.HI/c1-3-21-20(23-11-10-22-19(26)15-8-9-15)24-14-16-6-4-12-25(2)18(16)17-7-5-13-27-17;/h5,7,13,15-16,18H,3-4,6,8-12,14H2,1-2H3,(H,22,26)(H2,21,23,24);1H. The van der Waals surface area contributed by atoms with Crippen LogP contribution in [0.2, 0.25) is 0 Å². The van der Waals surface area contributed by atoms with Crippen molar-refractivity contribution in [2.75, 3.05) is 39.8 Å². The Morgan fingerprint density at radius 2 is 2.04 bits per heavy atom. The lowest BCUT2D eigenvalue weighted by atomic mass is 9.88. The van der Waals surface area contributed by atoms with Gasteiger partial charge in [-0.2, -0.15) is 0 Å². The van der Waals surface area contributed by atoms with Crippen LogP contribution in [-0.2, 0) is 4.79 Å². The van der Waals surface area contributed by atoms with E-state index in [2.05, 4.69) is 52.3 Å². The fraction of sp³-hybridized carbons (Fsp3) is 0.700. The normalized spacial score (nSPS) is 23.0. The van der Waals surface area contributed by atoms with Gasteiger partial charge in [-0.05, 0) is 63.6 Å². The number of halogens is 1. The number of nitrogens with one attached hydrogen (secondary N) is 3. The first-order valence-corrected chi connectivity index (χ1v) is 11.1. The van der Waals surface area contributed by atoms with Gasteiger partial charge in [0.05, 0.1) is 0 Å². The molecule has 2 heterocycles. The number of amides is 1. The van der Waals surface area contributed by atoms with E-state index in [4.69, 9.17) is 4.99 Å². The lowest BCUT2D eigenvalue weighted by molar-refractivity contribution is -0.122. The van der Waals surface area contributed by atoms with Gasteiger partial charge in [0.15, 0.2) is 5.96 Å². The van der Waals surface area contributed by atoms with Gasteiger partial charge < -0.3 is 16.0 Å². The molecular weight excluding hydrogens is 485 g/mol. The van der Waals surface area contributed by atoms with Crippen molar-refractivity contribution in [2.45, 2.75) is 38.6 Å². The zero-order valence-corrected chi connectivity index (χ0v) is 20.1. The van der Waals surface area contributed by atoms with Gasteiger partial charge in [0.25, 0.3) is 0 Å². The maximum atomic E-state index is 11.7. The topological polar surface area (TPSA) is 68.8 Å². The van der Waals surface area contributed by atoms with Gasteiger partial charge in [0.2, 0.25) is 5.91 Å². The Kier molecular flexibility index (Phi) is 10.0. The van der Waals surface area contributed by atoms with Crippen LogP contribution in [0.15, 0.2) is 22.5 Å². The van der Waals surface area contributed by atoms with Crippen LogP contribution >= 0.6 is 35.3 Å². The van der Waals surface area contributed by atoms with Gasteiger partial charge in [-0.1, -0.05) is 6.07 Å². The number of aliphatic imine (C=N–C) groups is 1. The molecule has 1 saturated heterocycles. The number of likely N-dealkylation sites (tertiary alicyclic amines) is 1. The molecule has 1 saturated carbocycles. The molecule has 6 nitrogen and oxygen atoms in total. The maximum absolute atomic E-state index is 11.7. The third kappa shape index (κ3) is 6.88. The molecule has 1 aromatic heterocycles. The molecule has 1 aliphatic carbocycles. The van der Waals surface area contributed by atoms with E-state index >= 15 is 0 Å². The van der Waals surface area contributed by atoms with Gasteiger partial charge in [-0.3, -0.25) is 14.7 Å². The summed E-state index contributed by atoms with van der Waals surface area (Å²) in [6.45, 7) is 6.22. The Morgan fingerprint density at radius 3 is 2.71 bits per heavy atom. The molecule has 2 aliphatic rings. The molecule has 2 atom stereocenters. The third-order valence-electron chi connectivity index (χ3n) is 5.33. The van der Waals surface area contributed by atoms with Crippen molar-refractivity contribution in [2.24, 2.45) is 16.8 Å². The highest BCUT2D eigenvalue weighted by Gasteiger charge is 2.31. The van der Waals surface area contributed by atoms with E-state index in [1.165, 1.54) is 17.7 Å². The largest absolute Gasteiger partial charge is 0.357 e. The van der Waals surface area contributed by atoms with E-state index in [0.29, 0.717) is 25.0 Å². The molecule has 1 aliphatic heterocycles. The SMILES string of the molecule is CCNC(=NCC1CCCN(C)C1c1cccs1)NCCNC(=O)C1CC1.I. The van der Waals surface area contributed by atoms with E-state index in [-0.39, 0.29) is 35.8 Å². The molecule has 28 heavy (non-hydrogen) atoms. The predicted molar refractivity (Wildman–Crippen MR) is 128 cm³/mol. The van der Waals surface area contributed by atoms with E-state index in [9.17, 15) is 4.79 Å². The molecule has 1 aromatic rings. The summed E-state index contributed by atoms with van der Waals surface area (Å²) < 4.78 is 0. The second kappa shape index (κ2) is 12.0. The monoisotopic (exact) mass is 519 g/mol. The number of piperidine rings is 1. The van der Waals surface area contributed by atoms with Crippen molar-refractivity contribution in [3.63, 3.8) is 0 Å². The summed E-state index contributed by atoms with van der Waals surface area (Å²) in [6.07, 6.45) is 4.54. The number of hydrogen-bond donors (Lipinski definition) is 3. The number of carbonyl (C=O) groups is 1. The Labute approximate surface area is 190 Å². The lowest BCUT2D eigenvalue weighted by Gasteiger charge is -2.38. The highest BCUT2D eigenvalue weighted by atomic mass is 127. The molecule has 3 N–H and O–H groups in total. The summed E-state index contributed by atoms with van der Waals surface area (Å²) in [6, 6.07) is 4.85. The average Bonchev–Trinajstić information content (AvgIpc) is 3.38. The van der Waals surface area contributed by atoms with Crippen molar-refractivity contribution in [3.05, 3.63) is 22.4 Å². The Morgan fingerprint density at radius 1 is 1.25 bits per heavy atom. The number of hydrogen-bond acceptors (Lipinski definition) is 4.